The van der Waals surface area contributed by atoms with E-state index < -0.39 is 0 Å². The van der Waals surface area contributed by atoms with Crippen LogP contribution in [0.4, 0.5) is 0 Å². The Balaban J connectivity index is 2.09. The van der Waals surface area contributed by atoms with E-state index in [-0.39, 0.29) is 0 Å². The third kappa shape index (κ3) is 1.55. The Bertz CT molecular complexity index is 541. The lowest BCUT2D eigenvalue weighted by atomic mass is 10.2. The molecule has 0 fully saturated rings. The van der Waals surface area contributed by atoms with E-state index >= 15 is 0 Å². The summed E-state index contributed by atoms with van der Waals surface area (Å²) in [6, 6.07) is 0. The molecule has 0 radical (unpaired) electrons. The first-order valence-corrected chi connectivity index (χ1v) is 5.77. The lowest BCUT2D eigenvalue weighted by Crippen LogP contribution is -1.78. The molecule has 1 aliphatic rings. The number of imidazole rings is 1. The van der Waals surface area contributed by atoms with Gasteiger partial charge in [0, 0.05) is 23.3 Å². The molecule has 74 valence electrons. The van der Waals surface area contributed by atoms with Crippen molar-refractivity contribution in [1.82, 2.24) is 9.38 Å². The van der Waals surface area contributed by atoms with Crippen LogP contribution in [0.25, 0.3) is 10.5 Å². The second kappa shape index (κ2) is 3.51. The molecule has 0 aliphatic heterocycles. The van der Waals surface area contributed by atoms with Crippen LogP contribution in [-0.4, -0.2) is 9.38 Å². The Kier molecular flexibility index (Phi) is 2.03. The highest BCUT2D eigenvalue weighted by Gasteiger charge is 2.05. The second-order valence-electron chi connectivity index (χ2n) is 3.41. The van der Waals surface area contributed by atoms with Crippen LogP contribution < -0.4 is 0 Å². The summed E-state index contributed by atoms with van der Waals surface area (Å²) in [5.74, 6) is 0. The van der Waals surface area contributed by atoms with Crippen molar-refractivity contribution in [2.75, 3.05) is 0 Å². The van der Waals surface area contributed by atoms with E-state index in [0.29, 0.717) is 0 Å². The van der Waals surface area contributed by atoms with Gasteiger partial charge in [0.1, 0.15) is 0 Å². The minimum Gasteiger partial charge on any atom is -0.297 e. The number of thiazole rings is 1. The summed E-state index contributed by atoms with van der Waals surface area (Å²) in [5.41, 5.74) is 2.23. The van der Waals surface area contributed by atoms with E-state index in [1.165, 1.54) is 5.57 Å². The lowest BCUT2D eigenvalue weighted by molar-refractivity contribution is 1.23. The summed E-state index contributed by atoms with van der Waals surface area (Å²) in [4.78, 5) is 5.61. The molecule has 2 aromatic heterocycles. The van der Waals surface area contributed by atoms with Gasteiger partial charge in [-0.05, 0) is 6.42 Å². The van der Waals surface area contributed by atoms with Crippen LogP contribution >= 0.6 is 11.3 Å². The van der Waals surface area contributed by atoms with Crippen molar-refractivity contribution in [3.05, 3.63) is 53.8 Å². The van der Waals surface area contributed by atoms with Crippen molar-refractivity contribution < 1.29 is 0 Å². The van der Waals surface area contributed by atoms with Gasteiger partial charge in [0.2, 0.25) is 0 Å². The van der Waals surface area contributed by atoms with Crippen LogP contribution in [0.1, 0.15) is 12.1 Å². The third-order valence-corrected chi connectivity index (χ3v) is 3.14. The third-order valence-electron chi connectivity index (χ3n) is 2.37. The standard InChI is InChI=1S/C12H10N2S/c1-2-4-6-10(5-3-1)11-9-14-7-8-15-12(14)13-11/h1,3-9H,2H2. The van der Waals surface area contributed by atoms with Gasteiger partial charge in [0.15, 0.2) is 4.96 Å². The Morgan fingerprint density at radius 3 is 3.27 bits per heavy atom. The molecule has 0 spiro atoms. The minimum absolute atomic E-state index is 1.00. The van der Waals surface area contributed by atoms with Crippen molar-refractivity contribution in [3.63, 3.8) is 0 Å². The van der Waals surface area contributed by atoms with Gasteiger partial charge in [-0.2, -0.15) is 0 Å². The van der Waals surface area contributed by atoms with Gasteiger partial charge >= 0.3 is 0 Å². The van der Waals surface area contributed by atoms with Crippen molar-refractivity contribution >= 4 is 21.9 Å². The Morgan fingerprint density at radius 2 is 2.33 bits per heavy atom. The van der Waals surface area contributed by atoms with Crippen LogP contribution in [0.15, 0.2) is 48.2 Å². The molecule has 0 atom stereocenters. The SMILES string of the molecule is C1=CCC=CC(c2cn3ccsc3n2)=C1. The van der Waals surface area contributed by atoms with Gasteiger partial charge in [-0.3, -0.25) is 4.40 Å². The number of allylic oxidation sites excluding steroid dienone is 6. The average Bonchev–Trinajstić information content (AvgIpc) is 2.70. The zero-order chi connectivity index (χ0) is 10.1. The van der Waals surface area contributed by atoms with E-state index in [1.807, 2.05) is 11.6 Å². The summed E-state index contributed by atoms with van der Waals surface area (Å²) >= 11 is 1.66. The maximum absolute atomic E-state index is 4.57. The van der Waals surface area contributed by atoms with Crippen LogP contribution in [0.2, 0.25) is 0 Å². The number of rotatable bonds is 1. The van der Waals surface area contributed by atoms with E-state index in [1.54, 1.807) is 11.3 Å². The van der Waals surface area contributed by atoms with Crippen molar-refractivity contribution in [1.29, 1.82) is 0 Å². The Hall–Kier alpha value is -1.61. The summed E-state index contributed by atoms with van der Waals surface area (Å²) < 4.78 is 2.06. The summed E-state index contributed by atoms with van der Waals surface area (Å²) in [5, 5.41) is 2.04. The molecule has 1 aliphatic carbocycles. The van der Waals surface area contributed by atoms with Crippen molar-refractivity contribution in [3.8, 4) is 0 Å². The molecule has 0 saturated heterocycles. The molecule has 0 saturated carbocycles. The molecule has 0 bridgehead atoms. The summed E-state index contributed by atoms with van der Waals surface area (Å²) in [6.45, 7) is 0. The van der Waals surface area contributed by atoms with Crippen LogP contribution in [0.5, 0.6) is 0 Å². The largest absolute Gasteiger partial charge is 0.297 e. The highest BCUT2D eigenvalue weighted by atomic mass is 32.1. The van der Waals surface area contributed by atoms with Gasteiger partial charge in [-0.1, -0.05) is 30.4 Å². The zero-order valence-corrected chi connectivity index (χ0v) is 8.95. The molecule has 2 aromatic rings. The molecule has 0 aromatic carbocycles. The molecular formula is C12H10N2S. The first-order valence-electron chi connectivity index (χ1n) is 4.89. The van der Waals surface area contributed by atoms with Crippen LogP contribution in [-0.2, 0) is 0 Å². The molecule has 2 heterocycles. The molecule has 0 unspecified atom stereocenters. The molecule has 3 heteroatoms. The lowest BCUT2D eigenvalue weighted by Gasteiger charge is -1.92. The van der Waals surface area contributed by atoms with Gasteiger partial charge in [0.05, 0.1) is 5.69 Å². The van der Waals surface area contributed by atoms with Crippen LogP contribution in [0.3, 0.4) is 0 Å². The smallest absolute Gasteiger partial charge is 0.194 e. The van der Waals surface area contributed by atoms with Crippen molar-refractivity contribution in [2.24, 2.45) is 0 Å². The van der Waals surface area contributed by atoms with Gasteiger partial charge in [0.25, 0.3) is 0 Å². The molecule has 2 nitrogen and oxygen atoms in total. The fourth-order valence-electron chi connectivity index (χ4n) is 1.62. The first-order chi connectivity index (χ1) is 7.43. The van der Waals surface area contributed by atoms with Gasteiger partial charge < -0.3 is 0 Å². The fraction of sp³-hybridized carbons (Fsp3) is 0.0833. The summed E-state index contributed by atoms with van der Waals surface area (Å²) in [6.07, 6.45) is 15.7. The van der Waals surface area contributed by atoms with Crippen molar-refractivity contribution in [2.45, 2.75) is 6.42 Å². The van der Waals surface area contributed by atoms with Gasteiger partial charge in [-0.25, -0.2) is 4.98 Å². The molecule has 0 amide bonds. The van der Waals surface area contributed by atoms with E-state index in [2.05, 4.69) is 46.0 Å². The molecule has 15 heavy (non-hydrogen) atoms. The fourth-order valence-corrected chi connectivity index (χ4v) is 2.32. The molecule has 3 rings (SSSR count). The molecule has 0 N–H and O–H groups in total. The number of nitrogens with zero attached hydrogens (tertiary/aromatic N) is 2. The second-order valence-corrected chi connectivity index (χ2v) is 4.28. The topological polar surface area (TPSA) is 17.3 Å². The normalized spacial score (nSPS) is 15.6. The maximum Gasteiger partial charge on any atom is 0.194 e. The van der Waals surface area contributed by atoms with E-state index in [0.717, 1.165) is 17.1 Å². The highest BCUT2D eigenvalue weighted by molar-refractivity contribution is 7.15. The number of fused-ring (bicyclic) bond motifs is 1. The number of hydrogen-bond donors (Lipinski definition) is 0. The van der Waals surface area contributed by atoms with E-state index in [4.69, 9.17) is 0 Å². The first kappa shape index (κ1) is 8.68. The Labute approximate surface area is 91.9 Å². The van der Waals surface area contributed by atoms with E-state index in [9.17, 15) is 0 Å². The number of hydrogen-bond acceptors (Lipinski definition) is 2. The predicted molar refractivity (Wildman–Crippen MR) is 63.9 cm³/mol. The monoisotopic (exact) mass is 214 g/mol. The number of aromatic nitrogens is 2. The highest BCUT2D eigenvalue weighted by Crippen LogP contribution is 2.20. The average molecular weight is 214 g/mol. The molecular weight excluding hydrogens is 204 g/mol. The van der Waals surface area contributed by atoms with Gasteiger partial charge in [-0.15, -0.1) is 11.3 Å². The summed E-state index contributed by atoms with van der Waals surface area (Å²) in [7, 11) is 0. The zero-order valence-electron chi connectivity index (χ0n) is 8.13. The maximum atomic E-state index is 4.57. The van der Waals surface area contributed by atoms with Crippen LogP contribution in [0, 0.1) is 0 Å². The minimum atomic E-state index is 1.00. The Morgan fingerprint density at radius 1 is 1.33 bits per heavy atom. The predicted octanol–water partition coefficient (Wildman–Crippen LogP) is 3.30. The quantitative estimate of drug-likeness (QED) is 0.712.